The fraction of sp³-hybridized carbons (Fsp3) is 0.581. The van der Waals surface area contributed by atoms with Gasteiger partial charge in [-0.2, -0.15) is 0 Å². The van der Waals surface area contributed by atoms with E-state index in [1.165, 1.54) is 32.9 Å². The lowest BCUT2D eigenvalue weighted by Gasteiger charge is -2.67. The Morgan fingerprint density at radius 2 is 1.70 bits per heavy atom. The molecule has 0 aromatic heterocycles. The standard InChI is InChI=1S/C31H36O12/c1-15-19(35)12-31(39)26(42-27(38)18-9-7-6-8-10-18)24-29(13-32,20(36)11-21-30(24,14-40-21)43-17(3)34)25(37)23(41-16(2)33)22(15)28(31,4)5/h6-10,20-21,23-24,26,32,36,39H,11-14H2,1-5H3. The molecule has 3 aliphatic carbocycles. The molecule has 1 saturated heterocycles. The minimum Gasteiger partial charge on any atom is -0.455 e. The summed E-state index contributed by atoms with van der Waals surface area (Å²) in [5.41, 5.74) is -7.90. The van der Waals surface area contributed by atoms with E-state index in [-0.39, 0.29) is 29.7 Å². The molecule has 0 spiro atoms. The first-order valence-electron chi connectivity index (χ1n) is 14.1. The van der Waals surface area contributed by atoms with Crippen molar-refractivity contribution in [2.24, 2.45) is 16.7 Å². The lowest BCUT2D eigenvalue weighted by Crippen LogP contribution is -2.83. The van der Waals surface area contributed by atoms with Crippen molar-refractivity contribution in [3.63, 3.8) is 0 Å². The van der Waals surface area contributed by atoms with Crippen molar-refractivity contribution in [3.05, 3.63) is 47.0 Å². The highest BCUT2D eigenvalue weighted by Crippen LogP contribution is 2.63. The third-order valence-electron chi connectivity index (χ3n) is 10.0. The molecule has 1 aromatic carbocycles. The van der Waals surface area contributed by atoms with Gasteiger partial charge in [0, 0.05) is 32.1 Å². The van der Waals surface area contributed by atoms with Crippen molar-refractivity contribution in [2.75, 3.05) is 13.2 Å². The van der Waals surface area contributed by atoms with E-state index in [2.05, 4.69) is 0 Å². The first kappa shape index (κ1) is 31.0. The maximum Gasteiger partial charge on any atom is 0.338 e. The van der Waals surface area contributed by atoms with Gasteiger partial charge in [-0.3, -0.25) is 19.2 Å². The number of carbonyl (C=O) groups excluding carboxylic acids is 5. The molecule has 1 aromatic rings. The van der Waals surface area contributed by atoms with Gasteiger partial charge >= 0.3 is 17.9 Å². The molecule has 1 aliphatic heterocycles. The van der Waals surface area contributed by atoms with Crippen LogP contribution in [0.3, 0.4) is 0 Å². The summed E-state index contributed by atoms with van der Waals surface area (Å²) in [5, 5.41) is 35.6. The SMILES string of the molecule is CC(=O)OC1C(=O)C2(CO)C(O)CC3OCC3(OC(C)=O)C2C(OC(=O)c2ccccc2)C2(O)CC(=O)C(C)=C1C2(C)C. The van der Waals surface area contributed by atoms with E-state index in [9.17, 15) is 39.3 Å². The van der Waals surface area contributed by atoms with Gasteiger partial charge in [0.2, 0.25) is 0 Å². The van der Waals surface area contributed by atoms with Crippen LogP contribution in [0.15, 0.2) is 41.5 Å². The van der Waals surface area contributed by atoms with Crippen LogP contribution in [-0.4, -0.2) is 93.6 Å². The van der Waals surface area contributed by atoms with Gasteiger partial charge in [-0.15, -0.1) is 0 Å². The molecule has 5 rings (SSSR count). The largest absolute Gasteiger partial charge is 0.455 e. The average Bonchev–Trinajstić information content (AvgIpc) is 2.93. The van der Waals surface area contributed by atoms with Crippen LogP contribution in [0.1, 0.15) is 57.8 Å². The van der Waals surface area contributed by atoms with Gasteiger partial charge < -0.3 is 34.3 Å². The highest BCUT2D eigenvalue weighted by atomic mass is 16.6. The normalized spacial score (nSPS) is 38.0. The zero-order valence-corrected chi connectivity index (χ0v) is 24.6. The van der Waals surface area contributed by atoms with Crippen molar-refractivity contribution in [3.8, 4) is 0 Å². The molecule has 3 fully saturated rings. The van der Waals surface area contributed by atoms with Crippen molar-refractivity contribution >= 4 is 29.5 Å². The van der Waals surface area contributed by atoms with Crippen LogP contribution < -0.4 is 0 Å². The second-order valence-electron chi connectivity index (χ2n) is 12.5. The monoisotopic (exact) mass is 600 g/mol. The first-order valence-corrected chi connectivity index (χ1v) is 14.1. The highest BCUT2D eigenvalue weighted by molar-refractivity contribution is 6.03. The minimum atomic E-state index is -2.32. The van der Waals surface area contributed by atoms with Crippen LogP contribution in [0.25, 0.3) is 0 Å². The van der Waals surface area contributed by atoms with Crippen LogP contribution in [0.5, 0.6) is 0 Å². The third kappa shape index (κ3) is 4.21. The van der Waals surface area contributed by atoms with E-state index in [4.69, 9.17) is 18.9 Å². The molecule has 8 atom stereocenters. The number of benzene rings is 1. The summed E-state index contributed by atoms with van der Waals surface area (Å²) in [6, 6.07) is 7.80. The van der Waals surface area contributed by atoms with Crippen LogP contribution in [0, 0.1) is 16.7 Å². The fourth-order valence-corrected chi connectivity index (χ4v) is 7.81. The Kier molecular flexibility index (Phi) is 7.44. The number of ketones is 2. The molecule has 43 heavy (non-hydrogen) atoms. The van der Waals surface area contributed by atoms with Crippen LogP contribution in [-0.2, 0) is 38.1 Å². The summed E-state index contributed by atoms with van der Waals surface area (Å²) >= 11 is 0. The van der Waals surface area contributed by atoms with Gasteiger partial charge in [-0.1, -0.05) is 32.0 Å². The van der Waals surface area contributed by atoms with Crippen molar-refractivity contribution in [2.45, 2.75) is 83.1 Å². The number of ether oxygens (including phenoxy) is 4. The maximum absolute atomic E-state index is 14.8. The fourth-order valence-electron chi connectivity index (χ4n) is 7.81. The summed E-state index contributed by atoms with van der Waals surface area (Å²) in [7, 11) is 0. The number of esters is 3. The lowest BCUT2D eigenvalue weighted by atomic mass is 9.44. The Labute approximate surface area is 247 Å². The number of hydrogen-bond acceptors (Lipinski definition) is 12. The molecular formula is C31H36O12. The molecule has 3 N–H and O–H groups in total. The molecular weight excluding hydrogens is 564 g/mol. The molecule has 12 nitrogen and oxygen atoms in total. The molecule has 2 bridgehead atoms. The van der Waals surface area contributed by atoms with Crippen molar-refractivity contribution < 1.29 is 58.2 Å². The highest BCUT2D eigenvalue weighted by Gasteiger charge is 2.79. The Bertz CT molecular complexity index is 1410. The summed E-state index contributed by atoms with van der Waals surface area (Å²) in [5.74, 6) is -5.85. The summed E-state index contributed by atoms with van der Waals surface area (Å²) < 4.78 is 23.2. The van der Waals surface area contributed by atoms with E-state index in [1.807, 2.05) is 0 Å². The Morgan fingerprint density at radius 3 is 2.23 bits per heavy atom. The Morgan fingerprint density at radius 1 is 1.05 bits per heavy atom. The average molecular weight is 601 g/mol. The molecule has 1 heterocycles. The quantitative estimate of drug-likeness (QED) is 0.320. The van der Waals surface area contributed by atoms with Gasteiger partial charge in [0.15, 0.2) is 23.3 Å². The molecule has 8 unspecified atom stereocenters. The number of Topliss-reactive ketones (excluding diaryl/α,β-unsaturated/α-hetero) is 2. The molecule has 232 valence electrons. The zero-order chi connectivity index (χ0) is 31.7. The Hall–Kier alpha value is -3.45. The summed E-state index contributed by atoms with van der Waals surface area (Å²) in [6.45, 7) is 5.29. The van der Waals surface area contributed by atoms with Gasteiger partial charge in [0.1, 0.15) is 17.8 Å². The maximum atomic E-state index is 14.8. The predicted octanol–water partition coefficient (Wildman–Crippen LogP) is 0.833. The number of hydrogen-bond donors (Lipinski definition) is 3. The Balaban J connectivity index is 1.87. The molecule has 2 saturated carbocycles. The lowest BCUT2D eigenvalue weighted by molar-refractivity contribution is -0.349. The molecule has 12 heteroatoms. The third-order valence-corrected chi connectivity index (χ3v) is 10.0. The number of rotatable bonds is 5. The summed E-state index contributed by atoms with van der Waals surface area (Å²) in [4.78, 5) is 67.1. The van der Waals surface area contributed by atoms with E-state index in [0.29, 0.717) is 0 Å². The predicted molar refractivity (Wildman–Crippen MR) is 145 cm³/mol. The number of allylic oxidation sites excluding steroid dienone is 1. The number of aliphatic hydroxyl groups excluding tert-OH is 2. The number of fused-ring (bicyclic) bond motifs is 5. The van der Waals surface area contributed by atoms with Crippen LogP contribution in [0.2, 0.25) is 0 Å². The topological polar surface area (TPSA) is 183 Å². The second kappa shape index (κ2) is 10.3. The molecule has 4 aliphatic rings. The number of aliphatic hydroxyl groups is 3. The summed E-state index contributed by atoms with van der Waals surface area (Å²) in [6.07, 6.45) is -7.22. The van der Waals surface area contributed by atoms with E-state index in [0.717, 1.165) is 13.8 Å². The van der Waals surface area contributed by atoms with Crippen LogP contribution >= 0.6 is 0 Å². The first-order chi connectivity index (χ1) is 20.1. The van der Waals surface area contributed by atoms with E-state index >= 15 is 0 Å². The molecule has 0 amide bonds. The minimum absolute atomic E-state index is 0.0424. The zero-order valence-electron chi connectivity index (χ0n) is 24.6. The second-order valence-corrected chi connectivity index (χ2v) is 12.5. The van der Waals surface area contributed by atoms with Crippen LogP contribution in [0.4, 0.5) is 0 Å². The van der Waals surface area contributed by atoms with Gasteiger partial charge in [-0.05, 0) is 30.2 Å². The number of carbonyl (C=O) groups is 5. The van der Waals surface area contributed by atoms with Gasteiger partial charge in [0.05, 0.1) is 36.2 Å². The van der Waals surface area contributed by atoms with Gasteiger partial charge in [0.25, 0.3) is 0 Å². The van der Waals surface area contributed by atoms with Crippen molar-refractivity contribution in [1.29, 1.82) is 0 Å². The van der Waals surface area contributed by atoms with Gasteiger partial charge in [-0.25, -0.2) is 4.79 Å². The smallest absolute Gasteiger partial charge is 0.338 e. The van der Waals surface area contributed by atoms with Crippen molar-refractivity contribution in [1.82, 2.24) is 0 Å². The van der Waals surface area contributed by atoms with E-state index < -0.39 is 94.9 Å². The van der Waals surface area contributed by atoms with E-state index in [1.54, 1.807) is 18.2 Å². The molecule has 0 radical (unpaired) electrons.